The van der Waals surface area contributed by atoms with E-state index in [0.29, 0.717) is 11.1 Å². The predicted octanol–water partition coefficient (Wildman–Crippen LogP) is 2.74. The van der Waals surface area contributed by atoms with Gasteiger partial charge >= 0.3 is 5.97 Å². The van der Waals surface area contributed by atoms with E-state index in [4.69, 9.17) is 5.73 Å². The van der Waals surface area contributed by atoms with Gasteiger partial charge in [-0.15, -0.1) is 0 Å². The highest BCUT2D eigenvalue weighted by molar-refractivity contribution is 5.88. The zero-order valence-corrected chi connectivity index (χ0v) is 13.5. The van der Waals surface area contributed by atoms with Gasteiger partial charge in [0.25, 0.3) is 0 Å². The van der Waals surface area contributed by atoms with E-state index < -0.39 is 29.5 Å². The first kappa shape index (κ1) is 18.7. The summed E-state index contributed by atoms with van der Waals surface area (Å²) in [6.45, 7) is 0. The zero-order chi connectivity index (χ0) is 18.4. The summed E-state index contributed by atoms with van der Waals surface area (Å²) in [6.07, 6.45) is 0.00171. The van der Waals surface area contributed by atoms with E-state index in [2.05, 4.69) is 0 Å². The van der Waals surface area contributed by atoms with Crippen LogP contribution in [-0.4, -0.2) is 22.9 Å². The highest BCUT2D eigenvalue weighted by atomic mass is 19.1. The molecule has 0 bridgehead atoms. The number of rotatable bonds is 8. The molecule has 2 unspecified atom stereocenters. The van der Waals surface area contributed by atoms with E-state index in [0.717, 1.165) is 0 Å². The van der Waals surface area contributed by atoms with Crippen LogP contribution in [-0.2, 0) is 22.4 Å². The largest absolute Gasteiger partial charge is 0.481 e. The number of ketones is 1. The number of carbonyl (C=O) groups excluding carboxylic acids is 1. The molecule has 0 aliphatic rings. The van der Waals surface area contributed by atoms with E-state index in [1.165, 1.54) is 42.5 Å². The molecule has 0 aromatic heterocycles. The molecule has 0 saturated carbocycles. The van der Waals surface area contributed by atoms with Gasteiger partial charge in [0.2, 0.25) is 0 Å². The predicted molar refractivity (Wildman–Crippen MR) is 88.9 cm³/mol. The Morgan fingerprint density at radius 2 is 1.64 bits per heavy atom. The van der Waals surface area contributed by atoms with Gasteiger partial charge in [-0.25, -0.2) is 8.78 Å². The molecule has 0 spiro atoms. The lowest BCUT2D eigenvalue weighted by Crippen LogP contribution is -2.35. The van der Waals surface area contributed by atoms with Crippen molar-refractivity contribution in [2.24, 2.45) is 11.7 Å². The SMILES string of the molecule is NC(Cc1ccc(F)cc1)C(=O)CC(Cc1cccc(F)c1)C(=O)O. The van der Waals surface area contributed by atoms with Crippen LogP contribution < -0.4 is 5.73 Å². The van der Waals surface area contributed by atoms with E-state index in [1.807, 2.05) is 0 Å². The van der Waals surface area contributed by atoms with Gasteiger partial charge < -0.3 is 10.8 Å². The monoisotopic (exact) mass is 347 g/mol. The molecule has 0 amide bonds. The molecule has 0 heterocycles. The minimum absolute atomic E-state index is 0.0438. The van der Waals surface area contributed by atoms with Crippen molar-refractivity contribution in [3.8, 4) is 0 Å². The second-order valence-corrected chi connectivity index (χ2v) is 5.98. The van der Waals surface area contributed by atoms with Crippen molar-refractivity contribution >= 4 is 11.8 Å². The van der Waals surface area contributed by atoms with Crippen LogP contribution in [0.25, 0.3) is 0 Å². The smallest absolute Gasteiger partial charge is 0.307 e. The quantitative estimate of drug-likeness (QED) is 0.769. The number of Topliss-reactive ketones (excluding diaryl/α,β-unsaturated/α-hetero) is 1. The Bertz CT molecular complexity index is 747. The van der Waals surface area contributed by atoms with Crippen LogP contribution >= 0.6 is 0 Å². The van der Waals surface area contributed by atoms with E-state index in [-0.39, 0.29) is 25.1 Å². The van der Waals surface area contributed by atoms with Crippen molar-refractivity contribution in [1.82, 2.24) is 0 Å². The van der Waals surface area contributed by atoms with Crippen molar-refractivity contribution in [2.45, 2.75) is 25.3 Å². The Morgan fingerprint density at radius 3 is 2.24 bits per heavy atom. The fraction of sp³-hybridized carbons (Fsp3) is 0.263. The summed E-state index contributed by atoms with van der Waals surface area (Å²) >= 11 is 0. The van der Waals surface area contributed by atoms with E-state index in [9.17, 15) is 23.5 Å². The molecular weight excluding hydrogens is 328 g/mol. The van der Waals surface area contributed by atoms with Gasteiger partial charge in [-0.05, 0) is 48.2 Å². The highest BCUT2D eigenvalue weighted by Gasteiger charge is 2.25. The van der Waals surface area contributed by atoms with Gasteiger partial charge in [-0.2, -0.15) is 0 Å². The van der Waals surface area contributed by atoms with Crippen LogP contribution in [0.5, 0.6) is 0 Å². The average Bonchev–Trinajstić information content (AvgIpc) is 2.56. The summed E-state index contributed by atoms with van der Waals surface area (Å²) in [5.41, 5.74) is 7.06. The number of hydrogen-bond acceptors (Lipinski definition) is 3. The van der Waals surface area contributed by atoms with Gasteiger partial charge in [0.15, 0.2) is 5.78 Å². The molecule has 0 fully saturated rings. The fourth-order valence-corrected chi connectivity index (χ4v) is 2.58. The lowest BCUT2D eigenvalue weighted by atomic mass is 9.91. The molecule has 0 aliphatic carbocycles. The Kier molecular flexibility index (Phi) is 6.36. The molecule has 4 nitrogen and oxygen atoms in total. The molecule has 2 aromatic carbocycles. The molecule has 3 N–H and O–H groups in total. The third kappa shape index (κ3) is 5.76. The molecule has 6 heteroatoms. The van der Waals surface area contributed by atoms with Crippen LogP contribution in [0.4, 0.5) is 8.78 Å². The molecule has 2 aromatic rings. The average molecular weight is 347 g/mol. The maximum atomic E-state index is 13.2. The Morgan fingerprint density at radius 1 is 0.960 bits per heavy atom. The van der Waals surface area contributed by atoms with Crippen molar-refractivity contribution in [1.29, 1.82) is 0 Å². The van der Waals surface area contributed by atoms with Gasteiger partial charge in [-0.3, -0.25) is 9.59 Å². The number of hydrogen-bond donors (Lipinski definition) is 2. The van der Waals surface area contributed by atoms with Crippen LogP contribution in [0.15, 0.2) is 48.5 Å². The summed E-state index contributed by atoms with van der Waals surface area (Å²) < 4.78 is 26.1. The molecule has 0 aliphatic heterocycles. The first-order valence-corrected chi connectivity index (χ1v) is 7.85. The number of benzene rings is 2. The normalized spacial score (nSPS) is 13.2. The maximum absolute atomic E-state index is 13.2. The van der Waals surface area contributed by atoms with Crippen molar-refractivity contribution < 1.29 is 23.5 Å². The van der Waals surface area contributed by atoms with Gasteiger partial charge in [0, 0.05) is 6.42 Å². The Labute approximate surface area is 144 Å². The lowest BCUT2D eigenvalue weighted by Gasteiger charge is -2.15. The van der Waals surface area contributed by atoms with Crippen molar-refractivity contribution in [3.63, 3.8) is 0 Å². The van der Waals surface area contributed by atoms with Gasteiger partial charge in [0.05, 0.1) is 12.0 Å². The number of halogens is 2. The number of nitrogens with two attached hydrogens (primary N) is 1. The summed E-state index contributed by atoms with van der Waals surface area (Å²) in [4.78, 5) is 23.7. The lowest BCUT2D eigenvalue weighted by molar-refractivity contribution is -0.143. The molecule has 0 radical (unpaired) electrons. The summed E-state index contributed by atoms with van der Waals surface area (Å²) in [5, 5.41) is 9.33. The van der Waals surface area contributed by atoms with E-state index in [1.54, 1.807) is 6.07 Å². The second kappa shape index (κ2) is 8.48. The summed E-state index contributed by atoms with van der Waals surface area (Å²) in [5.74, 6) is -3.35. The van der Waals surface area contributed by atoms with Gasteiger partial charge in [-0.1, -0.05) is 24.3 Å². The maximum Gasteiger partial charge on any atom is 0.307 e. The van der Waals surface area contributed by atoms with E-state index >= 15 is 0 Å². The standard InChI is InChI=1S/C19H19F2NO3/c20-15-6-4-12(5-7-15)10-17(22)18(23)11-14(19(24)25)8-13-2-1-3-16(21)9-13/h1-7,9,14,17H,8,10-11,22H2,(H,24,25). The van der Waals surface area contributed by atoms with Crippen LogP contribution in [0, 0.1) is 17.6 Å². The minimum atomic E-state index is -1.13. The Balaban J connectivity index is 1.99. The first-order valence-electron chi connectivity index (χ1n) is 7.85. The van der Waals surface area contributed by atoms with Gasteiger partial charge in [0.1, 0.15) is 11.6 Å². The van der Waals surface area contributed by atoms with Crippen LogP contribution in [0.1, 0.15) is 17.5 Å². The molecule has 2 atom stereocenters. The zero-order valence-electron chi connectivity index (χ0n) is 13.5. The van der Waals surface area contributed by atoms with Crippen molar-refractivity contribution in [2.75, 3.05) is 0 Å². The molecule has 25 heavy (non-hydrogen) atoms. The molecular formula is C19H19F2NO3. The van der Waals surface area contributed by atoms with Crippen molar-refractivity contribution in [3.05, 3.63) is 71.3 Å². The third-order valence-corrected chi connectivity index (χ3v) is 3.95. The number of aliphatic carboxylic acids is 1. The number of carbonyl (C=O) groups is 2. The highest BCUT2D eigenvalue weighted by Crippen LogP contribution is 2.16. The number of carboxylic acid groups (broad SMARTS) is 1. The molecule has 0 saturated heterocycles. The third-order valence-electron chi connectivity index (χ3n) is 3.95. The second-order valence-electron chi connectivity index (χ2n) is 5.98. The van der Waals surface area contributed by atoms with Crippen LogP contribution in [0.2, 0.25) is 0 Å². The molecule has 132 valence electrons. The summed E-state index contributed by atoms with van der Waals surface area (Å²) in [7, 11) is 0. The molecule has 2 rings (SSSR count). The topological polar surface area (TPSA) is 80.4 Å². The minimum Gasteiger partial charge on any atom is -0.481 e. The number of carboxylic acids is 1. The first-order chi connectivity index (χ1) is 11.8. The fourth-order valence-electron chi connectivity index (χ4n) is 2.58. The van der Waals surface area contributed by atoms with Crippen LogP contribution in [0.3, 0.4) is 0 Å². The summed E-state index contributed by atoms with van der Waals surface area (Å²) in [6, 6.07) is 10.4. The Hall–Kier alpha value is -2.60.